The minimum Gasteiger partial charge on any atom is -0.316 e. The van der Waals surface area contributed by atoms with E-state index in [1.165, 1.54) is 0 Å². The van der Waals surface area contributed by atoms with E-state index in [1.54, 1.807) is 6.08 Å². The Hall–Kier alpha value is -0.890. The molecule has 0 aromatic carbocycles. The van der Waals surface area contributed by atoms with E-state index in [9.17, 15) is 4.79 Å². The van der Waals surface area contributed by atoms with Crippen molar-refractivity contribution in [2.75, 3.05) is 13.1 Å². The molecule has 1 unspecified atom stereocenters. The first-order valence-corrected chi connectivity index (χ1v) is 5.62. The van der Waals surface area contributed by atoms with Gasteiger partial charge in [0.15, 0.2) is 5.78 Å². The second-order valence-electron chi connectivity index (χ2n) is 4.80. The SMILES string of the molecule is C=C1C(=O)C=CC(C)(C)C1CNCCC. The van der Waals surface area contributed by atoms with Crippen molar-refractivity contribution in [3.63, 3.8) is 0 Å². The van der Waals surface area contributed by atoms with E-state index in [1.807, 2.05) is 6.08 Å². The number of rotatable bonds is 4. The Morgan fingerprint density at radius 1 is 1.53 bits per heavy atom. The van der Waals surface area contributed by atoms with Gasteiger partial charge in [0.2, 0.25) is 0 Å². The van der Waals surface area contributed by atoms with Crippen LogP contribution in [0.3, 0.4) is 0 Å². The van der Waals surface area contributed by atoms with Crippen LogP contribution in [0.5, 0.6) is 0 Å². The fourth-order valence-corrected chi connectivity index (χ4v) is 1.94. The van der Waals surface area contributed by atoms with E-state index in [0.717, 1.165) is 25.1 Å². The summed E-state index contributed by atoms with van der Waals surface area (Å²) in [4.78, 5) is 11.5. The van der Waals surface area contributed by atoms with Crippen molar-refractivity contribution < 1.29 is 4.79 Å². The molecule has 1 atom stereocenters. The number of hydrogen-bond acceptors (Lipinski definition) is 2. The molecule has 0 aliphatic heterocycles. The summed E-state index contributed by atoms with van der Waals surface area (Å²) in [6, 6.07) is 0. The zero-order valence-electron chi connectivity index (χ0n) is 9.97. The van der Waals surface area contributed by atoms with Gasteiger partial charge in [-0.25, -0.2) is 0 Å². The predicted octanol–water partition coefficient (Wildman–Crippen LogP) is 2.32. The fraction of sp³-hybridized carbons (Fsp3) is 0.615. The highest BCUT2D eigenvalue weighted by Crippen LogP contribution is 2.36. The molecule has 0 radical (unpaired) electrons. The van der Waals surface area contributed by atoms with Gasteiger partial charge in [-0.05, 0) is 30.0 Å². The van der Waals surface area contributed by atoms with Gasteiger partial charge in [0.1, 0.15) is 0 Å². The van der Waals surface area contributed by atoms with Crippen LogP contribution in [-0.4, -0.2) is 18.9 Å². The molecule has 0 amide bonds. The Morgan fingerprint density at radius 3 is 2.80 bits per heavy atom. The summed E-state index contributed by atoms with van der Waals surface area (Å²) in [5.41, 5.74) is 0.775. The third kappa shape index (κ3) is 2.78. The Morgan fingerprint density at radius 2 is 2.20 bits per heavy atom. The molecule has 1 aliphatic rings. The topological polar surface area (TPSA) is 29.1 Å². The molecule has 0 saturated carbocycles. The molecular formula is C13H21NO. The van der Waals surface area contributed by atoms with Crippen molar-refractivity contribution in [2.24, 2.45) is 11.3 Å². The zero-order chi connectivity index (χ0) is 11.5. The largest absolute Gasteiger partial charge is 0.316 e. The smallest absolute Gasteiger partial charge is 0.181 e. The second kappa shape index (κ2) is 4.75. The first kappa shape index (κ1) is 12.2. The third-order valence-electron chi connectivity index (χ3n) is 3.07. The Labute approximate surface area is 92.4 Å². The number of carbonyl (C=O) groups is 1. The Balaban J connectivity index is 2.70. The Bertz CT molecular complexity index is 289. The van der Waals surface area contributed by atoms with Crippen LogP contribution < -0.4 is 5.32 Å². The second-order valence-corrected chi connectivity index (χ2v) is 4.80. The highest BCUT2D eigenvalue weighted by molar-refractivity contribution is 6.05. The van der Waals surface area contributed by atoms with Gasteiger partial charge in [-0.3, -0.25) is 4.79 Å². The van der Waals surface area contributed by atoms with Crippen molar-refractivity contribution >= 4 is 5.78 Å². The molecule has 15 heavy (non-hydrogen) atoms. The minimum atomic E-state index is 0.0335. The van der Waals surface area contributed by atoms with E-state index in [4.69, 9.17) is 0 Å². The predicted molar refractivity (Wildman–Crippen MR) is 63.7 cm³/mol. The highest BCUT2D eigenvalue weighted by atomic mass is 16.1. The molecule has 1 aliphatic carbocycles. The number of carbonyl (C=O) groups excluding carboxylic acids is 1. The van der Waals surface area contributed by atoms with Gasteiger partial charge in [0.25, 0.3) is 0 Å². The number of hydrogen-bond donors (Lipinski definition) is 1. The van der Waals surface area contributed by atoms with Gasteiger partial charge < -0.3 is 5.32 Å². The standard InChI is InChI=1S/C13H21NO/c1-5-8-14-9-11-10(2)12(15)6-7-13(11,3)4/h6-7,11,14H,2,5,8-9H2,1,3-4H3. The van der Waals surface area contributed by atoms with E-state index in [0.29, 0.717) is 0 Å². The van der Waals surface area contributed by atoms with E-state index in [2.05, 4.69) is 32.7 Å². The summed E-state index contributed by atoms with van der Waals surface area (Å²) in [5.74, 6) is 0.305. The molecule has 0 spiro atoms. The molecule has 0 bridgehead atoms. The summed E-state index contributed by atoms with van der Waals surface area (Å²) >= 11 is 0. The monoisotopic (exact) mass is 207 g/mol. The fourth-order valence-electron chi connectivity index (χ4n) is 1.94. The summed E-state index contributed by atoms with van der Waals surface area (Å²) in [6.07, 6.45) is 4.77. The lowest BCUT2D eigenvalue weighted by Gasteiger charge is -2.35. The maximum Gasteiger partial charge on any atom is 0.181 e. The quantitative estimate of drug-likeness (QED) is 0.566. The summed E-state index contributed by atoms with van der Waals surface area (Å²) in [7, 11) is 0. The van der Waals surface area contributed by atoms with Gasteiger partial charge in [-0.2, -0.15) is 0 Å². The number of ketones is 1. The van der Waals surface area contributed by atoms with Gasteiger partial charge in [0.05, 0.1) is 0 Å². The minimum absolute atomic E-state index is 0.0335. The van der Waals surface area contributed by atoms with Gasteiger partial charge in [-0.1, -0.05) is 33.4 Å². The first-order chi connectivity index (χ1) is 6.99. The molecule has 0 saturated heterocycles. The van der Waals surface area contributed by atoms with Crippen molar-refractivity contribution in [3.8, 4) is 0 Å². The van der Waals surface area contributed by atoms with Crippen molar-refractivity contribution in [3.05, 3.63) is 24.3 Å². The van der Waals surface area contributed by atoms with Crippen molar-refractivity contribution in [1.82, 2.24) is 5.32 Å². The lowest BCUT2D eigenvalue weighted by molar-refractivity contribution is -0.112. The lowest BCUT2D eigenvalue weighted by atomic mass is 9.70. The molecule has 2 nitrogen and oxygen atoms in total. The normalized spacial score (nSPS) is 24.6. The van der Waals surface area contributed by atoms with E-state index < -0.39 is 0 Å². The molecule has 0 aromatic rings. The molecule has 0 heterocycles. The molecule has 0 aromatic heterocycles. The third-order valence-corrected chi connectivity index (χ3v) is 3.07. The highest BCUT2D eigenvalue weighted by Gasteiger charge is 2.34. The maximum absolute atomic E-state index is 11.5. The van der Waals surface area contributed by atoms with Crippen LogP contribution >= 0.6 is 0 Å². The van der Waals surface area contributed by atoms with Crippen LogP contribution in [0, 0.1) is 11.3 Å². The molecular weight excluding hydrogens is 186 g/mol. The first-order valence-electron chi connectivity index (χ1n) is 5.62. The van der Waals surface area contributed by atoms with Crippen molar-refractivity contribution in [1.29, 1.82) is 0 Å². The molecule has 1 rings (SSSR count). The number of allylic oxidation sites excluding steroid dienone is 2. The number of nitrogens with one attached hydrogen (secondary N) is 1. The molecule has 84 valence electrons. The average molecular weight is 207 g/mol. The van der Waals surface area contributed by atoms with Crippen LogP contribution in [0.1, 0.15) is 27.2 Å². The zero-order valence-corrected chi connectivity index (χ0v) is 9.97. The molecule has 2 heteroatoms. The summed E-state index contributed by atoms with van der Waals surface area (Å²) < 4.78 is 0. The van der Waals surface area contributed by atoms with Crippen LogP contribution in [0.4, 0.5) is 0 Å². The lowest BCUT2D eigenvalue weighted by Crippen LogP contribution is -2.38. The Kier molecular flexibility index (Phi) is 3.86. The van der Waals surface area contributed by atoms with Gasteiger partial charge in [0, 0.05) is 12.5 Å². The van der Waals surface area contributed by atoms with E-state index in [-0.39, 0.29) is 17.1 Å². The summed E-state index contributed by atoms with van der Waals surface area (Å²) in [5, 5.41) is 3.36. The summed E-state index contributed by atoms with van der Waals surface area (Å²) in [6.45, 7) is 12.2. The van der Waals surface area contributed by atoms with E-state index >= 15 is 0 Å². The van der Waals surface area contributed by atoms with Gasteiger partial charge in [-0.15, -0.1) is 0 Å². The van der Waals surface area contributed by atoms with Crippen LogP contribution in [0.2, 0.25) is 0 Å². The van der Waals surface area contributed by atoms with Gasteiger partial charge >= 0.3 is 0 Å². The van der Waals surface area contributed by atoms with Crippen LogP contribution in [0.25, 0.3) is 0 Å². The van der Waals surface area contributed by atoms with Crippen LogP contribution in [0.15, 0.2) is 24.3 Å². The van der Waals surface area contributed by atoms with Crippen molar-refractivity contribution in [2.45, 2.75) is 27.2 Å². The maximum atomic E-state index is 11.5. The average Bonchev–Trinajstić information content (AvgIpc) is 2.18. The molecule has 1 N–H and O–H groups in total. The van der Waals surface area contributed by atoms with Crippen LogP contribution in [-0.2, 0) is 4.79 Å². The molecule has 0 fully saturated rings.